The molecule has 0 amide bonds. The Morgan fingerprint density at radius 1 is 1.35 bits per heavy atom. The lowest BCUT2D eigenvalue weighted by Crippen LogP contribution is -2.52. The van der Waals surface area contributed by atoms with Gasteiger partial charge in [-0.1, -0.05) is 0 Å². The van der Waals surface area contributed by atoms with E-state index < -0.39 is 17.2 Å². The molecule has 0 saturated heterocycles. The topological polar surface area (TPSA) is 66.8 Å². The molecule has 0 bridgehead atoms. The maximum atomic E-state index is 11.8. The molecular weight excluding hydrogens is 220 g/mol. The van der Waals surface area contributed by atoms with Crippen molar-refractivity contribution in [3.05, 3.63) is 22.8 Å². The Hall–Kier alpha value is -1.13. The van der Waals surface area contributed by atoms with Crippen molar-refractivity contribution in [3.8, 4) is 0 Å². The number of hydrogen-bond donors (Lipinski definition) is 2. The van der Waals surface area contributed by atoms with Crippen molar-refractivity contribution in [2.45, 2.75) is 45.8 Å². The van der Waals surface area contributed by atoms with Gasteiger partial charge in [-0.15, -0.1) is 0 Å². The molecule has 0 aromatic carbocycles. The van der Waals surface area contributed by atoms with E-state index in [0.29, 0.717) is 16.7 Å². The summed E-state index contributed by atoms with van der Waals surface area (Å²) >= 11 is 0. The fraction of sp³-hybridized carbons (Fsp3) is 0.615. The van der Waals surface area contributed by atoms with Gasteiger partial charge in [-0.2, -0.15) is 0 Å². The zero-order valence-electron chi connectivity index (χ0n) is 11.0. The summed E-state index contributed by atoms with van der Waals surface area (Å²) in [6.45, 7) is 8.37. The lowest BCUT2D eigenvalue weighted by Gasteiger charge is -2.41. The van der Waals surface area contributed by atoms with Crippen LogP contribution in [-0.2, 0) is 9.53 Å². The molecule has 2 atom stereocenters. The smallest absolute Gasteiger partial charge is 0.338 e. The lowest BCUT2D eigenvalue weighted by atomic mass is 9.72. The van der Waals surface area contributed by atoms with Crippen LogP contribution >= 0.6 is 0 Å². The Morgan fingerprint density at radius 3 is 2.35 bits per heavy atom. The van der Waals surface area contributed by atoms with E-state index in [-0.39, 0.29) is 6.61 Å². The molecule has 17 heavy (non-hydrogen) atoms. The molecule has 0 heterocycles. The van der Waals surface area contributed by atoms with Gasteiger partial charge in [0.05, 0.1) is 12.2 Å². The Kier molecular flexibility index (Phi) is 3.50. The van der Waals surface area contributed by atoms with Crippen molar-refractivity contribution in [2.75, 3.05) is 6.61 Å². The maximum Gasteiger partial charge on any atom is 0.338 e. The standard InChI is InChI=1S/C13H20O4/c1-6-17-11(14)10-8(2)7-12(4,15)13(5,16)9(10)3/h7,15-16H,6H2,1-5H3. The fourth-order valence-corrected chi connectivity index (χ4v) is 2.07. The molecule has 1 rings (SSSR count). The van der Waals surface area contributed by atoms with Crippen molar-refractivity contribution in [3.63, 3.8) is 0 Å². The first-order valence-electron chi connectivity index (χ1n) is 5.68. The molecule has 0 aromatic rings. The quantitative estimate of drug-likeness (QED) is 0.715. The van der Waals surface area contributed by atoms with Gasteiger partial charge >= 0.3 is 5.97 Å². The van der Waals surface area contributed by atoms with E-state index in [2.05, 4.69) is 0 Å². The first-order valence-corrected chi connectivity index (χ1v) is 5.68. The van der Waals surface area contributed by atoms with Gasteiger partial charge in [-0.3, -0.25) is 0 Å². The minimum absolute atomic E-state index is 0.279. The Balaban J connectivity index is 3.31. The average Bonchev–Trinajstić information content (AvgIpc) is 2.15. The fourth-order valence-electron chi connectivity index (χ4n) is 2.07. The summed E-state index contributed by atoms with van der Waals surface area (Å²) in [6.07, 6.45) is 1.49. The third-order valence-corrected chi connectivity index (χ3v) is 3.46. The van der Waals surface area contributed by atoms with Crippen LogP contribution < -0.4 is 0 Å². The molecule has 0 fully saturated rings. The predicted octanol–water partition coefficient (Wildman–Crippen LogP) is 1.33. The van der Waals surface area contributed by atoms with Crippen molar-refractivity contribution < 1.29 is 19.7 Å². The Bertz CT molecular complexity index is 400. The molecule has 0 aliphatic heterocycles. The second-order valence-corrected chi connectivity index (χ2v) is 4.77. The molecule has 0 saturated carbocycles. The summed E-state index contributed by atoms with van der Waals surface area (Å²) in [5, 5.41) is 20.5. The van der Waals surface area contributed by atoms with Crippen LogP contribution in [0.1, 0.15) is 34.6 Å². The molecule has 2 unspecified atom stereocenters. The molecule has 96 valence electrons. The van der Waals surface area contributed by atoms with E-state index in [4.69, 9.17) is 4.74 Å². The predicted molar refractivity (Wildman–Crippen MR) is 64.3 cm³/mol. The second kappa shape index (κ2) is 4.27. The number of rotatable bonds is 2. The number of hydrogen-bond acceptors (Lipinski definition) is 4. The third-order valence-electron chi connectivity index (χ3n) is 3.46. The van der Waals surface area contributed by atoms with Gasteiger partial charge < -0.3 is 14.9 Å². The van der Waals surface area contributed by atoms with E-state index >= 15 is 0 Å². The van der Waals surface area contributed by atoms with E-state index in [0.717, 1.165) is 0 Å². The highest BCUT2D eigenvalue weighted by Crippen LogP contribution is 2.39. The minimum Gasteiger partial charge on any atom is -0.462 e. The summed E-state index contributed by atoms with van der Waals surface area (Å²) in [5.74, 6) is -0.463. The van der Waals surface area contributed by atoms with Crippen molar-refractivity contribution in [1.29, 1.82) is 0 Å². The molecule has 1 aliphatic rings. The van der Waals surface area contributed by atoms with Crippen LogP contribution in [0.3, 0.4) is 0 Å². The first-order chi connectivity index (χ1) is 7.65. The zero-order chi connectivity index (χ0) is 13.4. The van der Waals surface area contributed by atoms with Crippen LogP contribution in [0, 0.1) is 0 Å². The monoisotopic (exact) mass is 240 g/mol. The molecule has 2 N–H and O–H groups in total. The van der Waals surface area contributed by atoms with Gasteiger partial charge in [-0.05, 0) is 51.8 Å². The SMILES string of the molecule is CCOC(=O)C1=C(C)C(C)(O)C(C)(O)C=C1C. The summed E-state index contributed by atoms with van der Waals surface area (Å²) in [5.41, 5.74) is -1.46. The summed E-state index contributed by atoms with van der Waals surface area (Å²) in [4.78, 5) is 11.8. The number of carbonyl (C=O) groups excluding carboxylic acids is 1. The lowest BCUT2D eigenvalue weighted by molar-refractivity contribution is -0.139. The van der Waals surface area contributed by atoms with E-state index in [1.165, 1.54) is 19.9 Å². The van der Waals surface area contributed by atoms with Gasteiger partial charge in [0.25, 0.3) is 0 Å². The number of aliphatic hydroxyl groups is 2. The van der Waals surface area contributed by atoms with Crippen LogP contribution in [-0.4, -0.2) is 34.0 Å². The minimum atomic E-state index is -1.48. The summed E-state index contributed by atoms with van der Waals surface area (Å²) < 4.78 is 4.95. The highest BCUT2D eigenvalue weighted by Gasteiger charge is 2.46. The van der Waals surface area contributed by atoms with Crippen molar-refractivity contribution in [1.82, 2.24) is 0 Å². The van der Waals surface area contributed by atoms with Crippen LogP contribution in [0.5, 0.6) is 0 Å². The van der Waals surface area contributed by atoms with Crippen molar-refractivity contribution >= 4 is 5.97 Å². The summed E-state index contributed by atoms with van der Waals surface area (Å²) in [6, 6.07) is 0. The van der Waals surface area contributed by atoms with Crippen LogP contribution in [0.15, 0.2) is 22.8 Å². The van der Waals surface area contributed by atoms with Gasteiger partial charge in [0.15, 0.2) is 0 Å². The van der Waals surface area contributed by atoms with E-state index in [9.17, 15) is 15.0 Å². The normalized spacial score (nSPS) is 33.5. The van der Waals surface area contributed by atoms with Gasteiger partial charge in [-0.25, -0.2) is 4.79 Å². The van der Waals surface area contributed by atoms with Crippen LogP contribution in [0.2, 0.25) is 0 Å². The molecule has 4 heteroatoms. The molecular formula is C13H20O4. The second-order valence-electron chi connectivity index (χ2n) is 4.77. The average molecular weight is 240 g/mol. The zero-order valence-corrected chi connectivity index (χ0v) is 11.0. The molecule has 0 spiro atoms. The van der Waals surface area contributed by atoms with Crippen LogP contribution in [0.25, 0.3) is 0 Å². The molecule has 0 radical (unpaired) electrons. The molecule has 0 aromatic heterocycles. The molecule has 4 nitrogen and oxygen atoms in total. The van der Waals surface area contributed by atoms with E-state index in [1.807, 2.05) is 0 Å². The number of carbonyl (C=O) groups is 1. The van der Waals surface area contributed by atoms with Crippen LogP contribution in [0.4, 0.5) is 0 Å². The number of ether oxygens (including phenoxy) is 1. The maximum absolute atomic E-state index is 11.8. The largest absolute Gasteiger partial charge is 0.462 e. The number of esters is 1. The van der Waals surface area contributed by atoms with Crippen molar-refractivity contribution in [2.24, 2.45) is 0 Å². The summed E-state index contributed by atoms with van der Waals surface area (Å²) in [7, 11) is 0. The highest BCUT2D eigenvalue weighted by molar-refractivity contribution is 5.95. The molecule has 1 aliphatic carbocycles. The third kappa shape index (κ3) is 2.15. The highest BCUT2D eigenvalue weighted by atomic mass is 16.5. The Morgan fingerprint density at radius 2 is 1.88 bits per heavy atom. The van der Waals surface area contributed by atoms with Gasteiger partial charge in [0, 0.05) is 0 Å². The van der Waals surface area contributed by atoms with Gasteiger partial charge in [0.2, 0.25) is 0 Å². The Labute approximate surface area is 102 Å². The first kappa shape index (κ1) is 13.9. The van der Waals surface area contributed by atoms with E-state index in [1.54, 1.807) is 20.8 Å². The van der Waals surface area contributed by atoms with Gasteiger partial charge in [0.1, 0.15) is 11.2 Å².